The number of para-hydroxylation sites is 2. The van der Waals surface area contributed by atoms with Crippen LogP contribution in [0.15, 0.2) is 28.7 Å². The van der Waals surface area contributed by atoms with Gasteiger partial charge in [0.25, 0.3) is 0 Å². The smallest absolute Gasteiger partial charge is 0.311 e. The van der Waals surface area contributed by atoms with E-state index in [1.165, 1.54) is 0 Å². The quantitative estimate of drug-likeness (QED) is 0.762. The predicted molar refractivity (Wildman–Crippen MR) is 96.7 cm³/mol. The van der Waals surface area contributed by atoms with E-state index in [4.69, 9.17) is 4.42 Å². The van der Waals surface area contributed by atoms with E-state index in [0.717, 1.165) is 49.1 Å². The molecule has 4 rings (SSSR count). The molecule has 7 nitrogen and oxygen atoms in total. The second kappa shape index (κ2) is 7.27. The van der Waals surface area contributed by atoms with Crippen LogP contribution in [0.25, 0.3) is 11.0 Å². The lowest BCUT2D eigenvalue weighted by Gasteiger charge is -2.31. The maximum atomic E-state index is 12.7. The van der Waals surface area contributed by atoms with Crippen LogP contribution >= 0.6 is 0 Å². The van der Waals surface area contributed by atoms with Gasteiger partial charge in [-0.1, -0.05) is 19.1 Å². The van der Waals surface area contributed by atoms with Gasteiger partial charge in [0.1, 0.15) is 5.82 Å². The molecular formula is C19H23N5O2. The molecule has 1 amide bonds. The Morgan fingerprint density at radius 1 is 1.35 bits per heavy atom. The Morgan fingerprint density at radius 2 is 2.23 bits per heavy atom. The molecule has 1 atom stereocenters. The predicted octanol–water partition coefficient (Wildman–Crippen LogP) is 2.99. The van der Waals surface area contributed by atoms with Gasteiger partial charge in [0.2, 0.25) is 5.89 Å². The number of imidazole rings is 1. The van der Waals surface area contributed by atoms with E-state index in [9.17, 15) is 4.79 Å². The topological polar surface area (TPSA) is 87.9 Å². The number of carbonyl (C=O) groups excluding carboxylic acids is 1. The third kappa shape index (κ3) is 3.47. The van der Waals surface area contributed by atoms with Gasteiger partial charge in [-0.2, -0.15) is 0 Å². The van der Waals surface area contributed by atoms with Gasteiger partial charge in [0, 0.05) is 25.9 Å². The van der Waals surface area contributed by atoms with Crippen LogP contribution in [-0.4, -0.2) is 44.1 Å². The summed E-state index contributed by atoms with van der Waals surface area (Å²) in [4.78, 5) is 22.5. The number of aryl methyl sites for hydroxylation is 1. The van der Waals surface area contributed by atoms with Crippen molar-refractivity contribution < 1.29 is 9.21 Å². The van der Waals surface area contributed by atoms with Gasteiger partial charge in [-0.3, -0.25) is 4.79 Å². The first-order valence-electron chi connectivity index (χ1n) is 9.28. The van der Waals surface area contributed by atoms with E-state index < -0.39 is 0 Å². The molecule has 3 heterocycles. The van der Waals surface area contributed by atoms with E-state index in [2.05, 4.69) is 20.2 Å². The Balaban J connectivity index is 1.42. The van der Waals surface area contributed by atoms with Crippen LogP contribution in [0.3, 0.4) is 0 Å². The Bertz CT molecular complexity index is 867. The van der Waals surface area contributed by atoms with Gasteiger partial charge in [-0.15, -0.1) is 10.2 Å². The average Bonchev–Trinajstić information content (AvgIpc) is 3.28. The SMILES string of the molecule is CCCc1nnc(C(=O)N2CCC[C@@H](Cc3nc4ccccc4[nH]3)C2)o1. The van der Waals surface area contributed by atoms with Crippen molar-refractivity contribution in [3.63, 3.8) is 0 Å². The fraction of sp³-hybridized carbons (Fsp3) is 0.474. The number of nitrogens with one attached hydrogen (secondary N) is 1. The van der Waals surface area contributed by atoms with Crippen molar-refractivity contribution in [2.24, 2.45) is 5.92 Å². The molecule has 0 radical (unpaired) electrons. The summed E-state index contributed by atoms with van der Waals surface area (Å²) in [6.07, 6.45) is 4.52. The molecular weight excluding hydrogens is 330 g/mol. The molecule has 3 aromatic rings. The third-order valence-electron chi connectivity index (χ3n) is 4.84. The third-order valence-corrected chi connectivity index (χ3v) is 4.84. The summed E-state index contributed by atoms with van der Waals surface area (Å²) < 4.78 is 5.50. The summed E-state index contributed by atoms with van der Waals surface area (Å²) in [5.74, 6) is 1.85. The molecule has 0 bridgehead atoms. The second-order valence-electron chi connectivity index (χ2n) is 6.92. The van der Waals surface area contributed by atoms with Gasteiger partial charge in [-0.05, 0) is 37.3 Å². The maximum Gasteiger partial charge on any atom is 0.311 e. The van der Waals surface area contributed by atoms with Crippen LogP contribution in [0.5, 0.6) is 0 Å². The highest BCUT2D eigenvalue weighted by Crippen LogP contribution is 2.22. The molecule has 26 heavy (non-hydrogen) atoms. The summed E-state index contributed by atoms with van der Waals surface area (Å²) in [5, 5.41) is 7.88. The maximum absolute atomic E-state index is 12.7. The lowest BCUT2D eigenvalue weighted by Crippen LogP contribution is -2.40. The number of benzene rings is 1. The highest BCUT2D eigenvalue weighted by molar-refractivity contribution is 5.89. The number of hydrogen-bond donors (Lipinski definition) is 1. The van der Waals surface area contributed by atoms with Crippen molar-refractivity contribution in [3.05, 3.63) is 41.9 Å². The average molecular weight is 353 g/mol. The number of carbonyl (C=O) groups is 1. The first-order valence-corrected chi connectivity index (χ1v) is 9.28. The molecule has 1 saturated heterocycles. The second-order valence-corrected chi connectivity index (χ2v) is 6.92. The van der Waals surface area contributed by atoms with Gasteiger partial charge >= 0.3 is 11.8 Å². The van der Waals surface area contributed by atoms with Crippen molar-refractivity contribution in [1.82, 2.24) is 25.1 Å². The van der Waals surface area contributed by atoms with Gasteiger partial charge in [-0.25, -0.2) is 4.98 Å². The molecule has 7 heteroatoms. The monoisotopic (exact) mass is 353 g/mol. The zero-order valence-corrected chi connectivity index (χ0v) is 14.9. The molecule has 1 aliphatic rings. The van der Waals surface area contributed by atoms with E-state index in [1.807, 2.05) is 36.1 Å². The number of amides is 1. The Hall–Kier alpha value is -2.70. The van der Waals surface area contributed by atoms with Crippen molar-refractivity contribution in [1.29, 1.82) is 0 Å². The summed E-state index contributed by atoms with van der Waals surface area (Å²) in [6.45, 7) is 3.47. The van der Waals surface area contributed by atoms with E-state index in [-0.39, 0.29) is 11.8 Å². The van der Waals surface area contributed by atoms with Crippen LogP contribution in [0.4, 0.5) is 0 Å². The van der Waals surface area contributed by atoms with Gasteiger partial charge in [0.05, 0.1) is 11.0 Å². The van der Waals surface area contributed by atoms with E-state index >= 15 is 0 Å². The van der Waals surface area contributed by atoms with Crippen LogP contribution in [0.2, 0.25) is 0 Å². The fourth-order valence-electron chi connectivity index (χ4n) is 3.58. The van der Waals surface area contributed by atoms with Crippen LogP contribution < -0.4 is 0 Å². The number of nitrogens with zero attached hydrogens (tertiary/aromatic N) is 4. The number of aromatic amines is 1. The zero-order valence-electron chi connectivity index (χ0n) is 14.9. The van der Waals surface area contributed by atoms with E-state index in [0.29, 0.717) is 24.8 Å². The van der Waals surface area contributed by atoms with Gasteiger partial charge in [0.15, 0.2) is 0 Å². The summed E-state index contributed by atoms with van der Waals surface area (Å²) in [7, 11) is 0. The minimum absolute atomic E-state index is 0.109. The van der Waals surface area contributed by atoms with Crippen molar-refractivity contribution in [2.45, 2.75) is 39.0 Å². The normalized spacial score (nSPS) is 17.7. The summed E-state index contributed by atoms with van der Waals surface area (Å²) in [6, 6.07) is 8.04. The number of fused-ring (bicyclic) bond motifs is 1. The van der Waals surface area contributed by atoms with Gasteiger partial charge < -0.3 is 14.3 Å². The number of aromatic nitrogens is 4. The molecule has 1 N–H and O–H groups in total. The molecule has 0 spiro atoms. The number of likely N-dealkylation sites (tertiary alicyclic amines) is 1. The Labute approximate surface area is 151 Å². The highest BCUT2D eigenvalue weighted by Gasteiger charge is 2.28. The fourth-order valence-corrected chi connectivity index (χ4v) is 3.58. The lowest BCUT2D eigenvalue weighted by molar-refractivity contribution is 0.0630. The molecule has 2 aromatic heterocycles. The number of hydrogen-bond acceptors (Lipinski definition) is 5. The zero-order chi connectivity index (χ0) is 17.9. The summed E-state index contributed by atoms with van der Waals surface area (Å²) in [5.41, 5.74) is 2.04. The molecule has 1 aromatic carbocycles. The van der Waals surface area contributed by atoms with Crippen molar-refractivity contribution >= 4 is 16.9 Å². The minimum atomic E-state index is -0.158. The molecule has 1 aliphatic heterocycles. The van der Waals surface area contributed by atoms with Crippen LogP contribution in [0.1, 0.15) is 48.6 Å². The Morgan fingerprint density at radius 3 is 3.08 bits per heavy atom. The lowest BCUT2D eigenvalue weighted by atomic mass is 9.94. The molecule has 0 saturated carbocycles. The molecule has 136 valence electrons. The largest absolute Gasteiger partial charge is 0.417 e. The first kappa shape index (κ1) is 16.8. The minimum Gasteiger partial charge on any atom is -0.417 e. The first-order chi connectivity index (χ1) is 12.7. The number of H-pyrrole nitrogens is 1. The number of rotatable bonds is 5. The van der Waals surface area contributed by atoms with Crippen LogP contribution in [0, 0.1) is 5.92 Å². The van der Waals surface area contributed by atoms with Crippen molar-refractivity contribution in [3.8, 4) is 0 Å². The molecule has 0 unspecified atom stereocenters. The molecule has 0 aliphatic carbocycles. The number of piperidine rings is 1. The van der Waals surface area contributed by atoms with E-state index in [1.54, 1.807) is 0 Å². The standard InChI is InChI=1S/C19H23N5O2/c1-2-6-17-22-23-18(26-17)19(25)24-10-5-7-13(12-24)11-16-20-14-8-3-4-9-15(14)21-16/h3-4,8-9,13H,2,5-7,10-12H2,1H3,(H,20,21)/t13-/m0/s1. The highest BCUT2D eigenvalue weighted by atomic mass is 16.4. The Kier molecular flexibility index (Phi) is 4.69. The van der Waals surface area contributed by atoms with Crippen molar-refractivity contribution in [2.75, 3.05) is 13.1 Å². The van der Waals surface area contributed by atoms with Crippen LogP contribution in [-0.2, 0) is 12.8 Å². The molecule has 1 fully saturated rings. The summed E-state index contributed by atoms with van der Waals surface area (Å²) >= 11 is 0.